The van der Waals surface area contributed by atoms with E-state index < -0.39 is 0 Å². The van der Waals surface area contributed by atoms with E-state index in [0.717, 1.165) is 16.8 Å². The summed E-state index contributed by atoms with van der Waals surface area (Å²) in [6.07, 6.45) is 1.71. The van der Waals surface area contributed by atoms with Crippen LogP contribution in [0.5, 0.6) is 0 Å². The minimum Gasteiger partial charge on any atom is -1.00 e. The monoisotopic (exact) mass is 219 g/mol. The Kier molecular flexibility index (Phi) is 3.83. The van der Waals surface area contributed by atoms with Gasteiger partial charge in [-0.15, -0.1) is 0 Å². The van der Waals surface area contributed by atoms with Gasteiger partial charge in [0.1, 0.15) is 6.54 Å². The topological polar surface area (TPSA) is 13.1 Å². The van der Waals surface area contributed by atoms with Crippen molar-refractivity contribution in [1.82, 2.24) is 0 Å². The highest BCUT2D eigenvalue weighted by atomic mass is 79.9. The third kappa shape index (κ3) is 4.22. The first kappa shape index (κ1) is 10.7. The second kappa shape index (κ2) is 3.93. The summed E-state index contributed by atoms with van der Waals surface area (Å²) < 4.78 is 6.10. The molecule has 0 aliphatic rings. The molecule has 0 saturated carbocycles. The highest BCUT2D eigenvalue weighted by Crippen LogP contribution is 2.06. The van der Waals surface area contributed by atoms with Gasteiger partial charge in [-0.2, -0.15) is 0 Å². The van der Waals surface area contributed by atoms with E-state index in [0.29, 0.717) is 0 Å². The van der Waals surface area contributed by atoms with Gasteiger partial charge in [0.2, 0.25) is 0 Å². The molecular formula is C8H14BrNO. The van der Waals surface area contributed by atoms with E-state index in [9.17, 15) is 0 Å². The largest absolute Gasteiger partial charge is 1.00 e. The molecule has 0 unspecified atom stereocenters. The summed E-state index contributed by atoms with van der Waals surface area (Å²) in [6.45, 7) is 0.951. The van der Waals surface area contributed by atoms with Gasteiger partial charge in [0.15, 0.2) is 5.76 Å². The van der Waals surface area contributed by atoms with Gasteiger partial charge in [0.25, 0.3) is 0 Å². The summed E-state index contributed by atoms with van der Waals surface area (Å²) in [5.74, 6) is 1.05. The van der Waals surface area contributed by atoms with Gasteiger partial charge in [-0.05, 0) is 12.1 Å². The first-order valence-electron chi connectivity index (χ1n) is 3.41. The molecule has 1 aromatic heterocycles. The molecule has 3 heteroatoms. The van der Waals surface area contributed by atoms with Crippen molar-refractivity contribution in [2.45, 2.75) is 6.54 Å². The van der Waals surface area contributed by atoms with E-state index in [1.165, 1.54) is 0 Å². The molecule has 0 aliphatic heterocycles. The standard InChI is InChI=1S/C8H14NO.BrH/c1-9(2,3)7-8-5-4-6-10-8;/h4-6H,7H2,1-3H3;1H/q+1;/p-1. The minimum atomic E-state index is 0. The summed E-state index contributed by atoms with van der Waals surface area (Å²) in [5, 5.41) is 0. The second-order valence-corrected chi connectivity index (χ2v) is 3.53. The van der Waals surface area contributed by atoms with Crippen LogP contribution in [-0.2, 0) is 6.54 Å². The Hall–Kier alpha value is -0.280. The smallest absolute Gasteiger partial charge is 0.158 e. The predicted molar refractivity (Wildman–Crippen MR) is 40.4 cm³/mol. The van der Waals surface area contributed by atoms with Crippen LogP contribution in [0.2, 0.25) is 0 Å². The van der Waals surface area contributed by atoms with E-state index in [-0.39, 0.29) is 17.0 Å². The van der Waals surface area contributed by atoms with Crippen molar-refractivity contribution < 1.29 is 25.9 Å². The van der Waals surface area contributed by atoms with Crippen molar-refractivity contribution in [3.8, 4) is 0 Å². The normalized spacial score (nSPS) is 10.8. The van der Waals surface area contributed by atoms with Gasteiger partial charge in [-0.1, -0.05) is 0 Å². The van der Waals surface area contributed by atoms with Gasteiger partial charge < -0.3 is 25.9 Å². The van der Waals surface area contributed by atoms with Crippen LogP contribution in [0.15, 0.2) is 22.8 Å². The molecule has 0 saturated heterocycles. The zero-order valence-electron chi connectivity index (χ0n) is 7.17. The van der Waals surface area contributed by atoms with E-state index in [1.54, 1.807) is 6.26 Å². The Labute approximate surface area is 78.2 Å². The fourth-order valence-electron chi connectivity index (χ4n) is 0.870. The molecule has 0 aliphatic carbocycles. The molecule has 0 fully saturated rings. The zero-order chi connectivity index (χ0) is 7.61. The first-order chi connectivity index (χ1) is 4.58. The maximum atomic E-state index is 5.19. The Balaban J connectivity index is 0.000001000. The SMILES string of the molecule is C[N+](C)(C)Cc1ccco1.[Br-]. The molecule has 0 spiro atoms. The van der Waals surface area contributed by atoms with Crippen LogP contribution in [0.3, 0.4) is 0 Å². The summed E-state index contributed by atoms with van der Waals surface area (Å²) in [7, 11) is 6.42. The fraction of sp³-hybridized carbons (Fsp3) is 0.500. The number of furan rings is 1. The lowest BCUT2D eigenvalue weighted by atomic mass is 10.4. The second-order valence-electron chi connectivity index (χ2n) is 3.53. The van der Waals surface area contributed by atoms with Crippen molar-refractivity contribution in [1.29, 1.82) is 0 Å². The van der Waals surface area contributed by atoms with Crippen molar-refractivity contribution in [2.24, 2.45) is 0 Å². The van der Waals surface area contributed by atoms with Crippen LogP contribution in [0, 0.1) is 0 Å². The maximum Gasteiger partial charge on any atom is 0.158 e. The summed E-state index contributed by atoms with van der Waals surface area (Å²) in [4.78, 5) is 0. The fourth-order valence-corrected chi connectivity index (χ4v) is 0.870. The van der Waals surface area contributed by atoms with Gasteiger partial charge in [0.05, 0.1) is 27.4 Å². The van der Waals surface area contributed by atoms with Crippen LogP contribution < -0.4 is 17.0 Å². The Bertz CT molecular complexity index is 188. The highest BCUT2D eigenvalue weighted by molar-refractivity contribution is 4.95. The van der Waals surface area contributed by atoms with Gasteiger partial charge in [-0.25, -0.2) is 0 Å². The maximum absolute atomic E-state index is 5.19. The number of quaternary nitrogens is 1. The zero-order valence-corrected chi connectivity index (χ0v) is 8.76. The Morgan fingerprint density at radius 3 is 2.36 bits per heavy atom. The van der Waals surface area contributed by atoms with Crippen molar-refractivity contribution in [2.75, 3.05) is 21.1 Å². The highest BCUT2D eigenvalue weighted by Gasteiger charge is 2.09. The lowest BCUT2D eigenvalue weighted by Gasteiger charge is -2.21. The number of hydrogen-bond acceptors (Lipinski definition) is 1. The van der Waals surface area contributed by atoms with Crippen molar-refractivity contribution in [3.63, 3.8) is 0 Å². The van der Waals surface area contributed by atoms with Crippen LogP contribution in [0.1, 0.15) is 5.76 Å². The summed E-state index contributed by atoms with van der Waals surface area (Å²) >= 11 is 0. The number of halogens is 1. The van der Waals surface area contributed by atoms with Crippen LogP contribution in [0.25, 0.3) is 0 Å². The summed E-state index contributed by atoms with van der Waals surface area (Å²) in [5.41, 5.74) is 0. The first-order valence-corrected chi connectivity index (χ1v) is 3.41. The van der Waals surface area contributed by atoms with Crippen molar-refractivity contribution >= 4 is 0 Å². The molecule has 1 aromatic rings. The molecule has 0 bridgehead atoms. The third-order valence-electron chi connectivity index (χ3n) is 1.21. The van der Waals surface area contributed by atoms with Crippen molar-refractivity contribution in [3.05, 3.63) is 24.2 Å². The molecular weight excluding hydrogens is 206 g/mol. The molecule has 0 atom stereocenters. The third-order valence-corrected chi connectivity index (χ3v) is 1.21. The molecule has 11 heavy (non-hydrogen) atoms. The number of hydrogen-bond donors (Lipinski definition) is 0. The number of rotatable bonds is 2. The molecule has 0 amide bonds. The number of nitrogens with zero attached hydrogens (tertiary/aromatic N) is 1. The van der Waals surface area contributed by atoms with E-state index >= 15 is 0 Å². The molecule has 0 N–H and O–H groups in total. The Morgan fingerprint density at radius 2 is 2.00 bits per heavy atom. The van der Waals surface area contributed by atoms with E-state index in [4.69, 9.17) is 4.42 Å². The lowest BCUT2D eigenvalue weighted by Crippen LogP contribution is -3.00. The van der Waals surface area contributed by atoms with E-state index in [1.807, 2.05) is 12.1 Å². The molecule has 1 heterocycles. The van der Waals surface area contributed by atoms with Crippen LogP contribution in [-0.4, -0.2) is 25.6 Å². The summed E-state index contributed by atoms with van der Waals surface area (Å²) in [6, 6.07) is 3.93. The molecule has 0 aromatic carbocycles. The van der Waals surface area contributed by atoms with Gasteiger partial charge in [0, 0.05) is 0 Å². The van der Waals surface area contributed by atoms with Gasteiger partial charge in [-0.3, -0.25) is 0 Å². The predicted octanol–water partition coefficient (Wildman–Crippen LogP) is -1.51. The van der Waals surface area contributed by atoms with Crippen LogP contribution in [0.4, 0.5) is 0 Å². The Morgan fingerprint density at radius 1 is 1.36 bits per heavy atom. The lowest BCUT2D eigenvalue weighted by molar-refractivity contribution is -0.884. The van der Waals surface area contributed by atoms with Gasteiger partial charge >= 0.3 is 0 Å². The van der Waals surface area contributed by atoms with Crippen LogP contribution >= 0.6 is 0 Å². The molecule has 0 radical (unpaired) electrons. The van der Waals surface area contributed by atoms with E-state index in [2.05, 4.69) is 21.1 Å². The average Bonchev–Trinajstić information content (AvgIpc) is 2.12. The molecule has 2 nitrogen and oxygen atoms in total. The average molecular weight is 220 g/mol. The molecule has 64 valence electrons. The molecule has 1 rings (SSSR count). The minimum absolute atomic E-state index is 0. The quantitative estimate of drug-likeness (QED) is 0.552.